The molecule has 4 rings (SSSR count). The number of hydrogen-bond acceptors (Lipinski definition) is 5. The number of hydrogen-bond donors (Lipinski definition) is 3. The summed E-state index contributed by atoms with van der Waals surface area (Å²) in [5, 5.41) is 30.0. The van der Waals surface area contributed by atoms with Gasteiger partial charge < -0.3 is 15.3 Å². The molecule has 3 fully saturated rings. The number of carbonyl (C=O) groups excluding carboxylic acids is 2. The molecule has 144 valence electrons. The van der Waals surface area contributed by atoms with Gasteiger partial charge in [0.15, 0.2) is 11.6 Å². The van der Waals surface area contributed by atoms with Crippen LogP contribution in [0.2, 0.25) is 0 Å². The highest BCUT2D eigenvalue weighted by Gasteiger charge is 2.62. The first-order chi connectivity index (χ1) is 12.5. The van der Waals surface area contributed by atoms with E-state index in [9.17, 15) is 24.9 Å². The second-order valence-corrected chi connectivity index (χ2v) is 9.05. The van der Waals surface area contributed by atoms with Gasteiger partial charge in [-0.1, -0.05) is 5.57 Å². The smallest absolute Gasteiger partial charge is 0.161 e. The molecule has 0 heterocycles. The summed E-state index contributed by atoms with van der Waals surface area (Å²) >= 11 is 0. The number of aliphatic hydroxyl groups excluding tert-OH is 3. The highest BCUT2D eigenvalue weighted by molar-refractivity contribution is 5.91. The molecule has 0 bridgehead atoms. The molecular formula is C21H30O5. The van der Waals surface area contributed by atoms with Gasteiger partial charge in [0.05, 0.1) is 6.61 Å². The van der Waals surface area contributed by atoms with Crippen LogP contribution in [0, 0.1) is 34.5 Å². The molecular weight excluding hydrogens is 332 g/mol. The van der Waals surface area contributed by atoms with Crippen LogP contribution in [0.15, 0.2) is 11.6 Å². The lowest BCUT2D eigenvalue weighted by molar-refractivity contribution is -0.140. The van der Waals surface area contributed by atoms with Crippen molar-refractivity contribution < 1.29 is 24.9 Å². The first-order valence-corrected chi connectivity index (χ1v) is 10.1. The van der Waals surface area contributed by atoms with Crippen LogP contribution in [0.5, 0.6) is 0 Å². The topological polar surface area (TPSA) is 94.8 Å². The van der Waals surface area contributed by atoms with Gasteiger partial charge in [-0.25, -0.2) is 0 Å². The quantitative estimate of drug-likeness (QED) is 0.707. The van der Waals surface area contributed by atoms with Crippen molar-refractivity contribution in [2.45, 2.75) is 51.4 Å². The summed E-state index contributed by atoms with van der Waals surface area (Å²) in [7, 11) is 0. The maximum absolute atomic E-state index is 12.3. The average Bonchev–Trinajstić information content (AvgIpc) is 3.07. The van der Waals surface area contributed by atoms with Crippen molar-refractivity contribution >= 4 is 11.6 Å². The second-order valence-electron chi connectivity index (χ2n) is 9.05. The molecule has 5 heteroatoms. The molecule has 4 aliphatic carbocycles. The van der Waals surface area contributed by atoms with Crippen molar-refractivity contribution in [1.29, 1.82) is 0 Å². The maximum atomic E-state index is 12.3. The van der Waals surface area contributed by atoms with Crippen molar-refractivity contribution in [3.63, 3.8) is 0 Å². The van der Waals surface area contributed by atoms with E-state index in [0.717, 1.165) is 50.5 Å². The molecule has 6 atom stereocenters. The monoisotopic (exact) mass is 362 g/mol. The van der Waals surface area contributed by atoms with Crippen molar-refractivity contribution in [2.75, 3.05) is 19.8 Å². The lowest BCUT2D eigenvalue weighted by atomic mass is 9.46. The fraction of sp³-hybridized carbons (Fsp3) is 0.810. The molecule has 0 aromatic carbocycles. The highest BCUT2D eigenvalue weighted by Crippen LogP contribution is 2.66. The minimum Gasteiger partial charge on any atom is -0.396 e. The van der Waals surface area contributed by atoms with Gasteiger partial charge >= 0.3 is 0 Å². The number of Topliss-reactive ketones (excluding diaryl/α,β-unsaturated/α-hetero) is 1. The van der Waals surface area contributed by atoms with Crippen LogP contribution in [0.25, 0.3) is 0 Å². The normalized spacial score (nSPS) is 44.7. The lowest BCUT2D eigenvalue weighted by Gasteiger charge is -2.58. The summed E-state index contributed by atoms with van der Waals surface area (Å²) in [4.78, 5) is 24.2. The zero-order valence-electron chi connectivity index (χ0n) is 15.3. The third-order valence-electron chi connectivity index (χ3n) is 8.52. The number of ketones is 2. The Labute approximate surface area is 154 Å². The molecule has 3 saturated carbocycles. The molecule has 0 aliphatic heterocycles. The largest absolute Gasteiger partial charge is 0.396 e. The summed E-state index contributed by atoms with van der Waals surface area (Å²) in [6.07, 6.45) is 8.15. The van der Waals surface area contributed by atoms with Crippen LogP contribution < -0.4 is 0 Å². The van der Waals surface area contributed by atoms with E-state index in [1.807, 2.05) is 0 Å². The summed E-state index contributed by atoms with van der Waals surface area (Å²) in [5.41, 5.74) is 0.455. The fourth-order valence-corrected chi connectivity index (χ4v) is 7.37. The number of aliphatic hydroxyl groups is 3. The Hall–Kier alpha value is -1.04. The Morgan fingerprint density at radius 1 is 1.00 bits per heavy atom. The summed E-state index contributed by atoms with van der Waals surface area (Å²) < 4.78 is 0. The molecule has 6 unspecified atom stereocenters. The van der Waals surface area contributed by atoms with Gasteiger partial charge in [-0.3, -0.25) is 9.59 Å². The first kappa shape index (κ1) is 18.3. The molecule has 0 aromatic heterocycles. The number of rotatable bonds is 4. The third-order valence-corrected chi connectivity index (χ3v) is 8.52. The molecule has 4 aliphatic rings. The van der Waals surface area contributed by atoms with Crippen LogP contribution in [0.1, 0.15) is 51.4 Å². The van der Waals surface area contributed by atoms with E-state index < -0.39 is 12.0 Å². The Morgan fingerprint density at radius 3 is 2.50 bits per heavy atom. The molecule has 0 aromatic rings. The van der Waals surface area contributed by atoms with E-state index in [-0.39, 0.29) is 42.0 Å². The van der Waals surface area contributed by atoms with E-state index in [1.165, 1.54) is 0 Å². The predicted molar refractivity (Wildman–Crippen MR) is 95.1 cm³/mol. The van der Waals surface area contributed by atoms with E-state index in [4.69, 9.17) is 0 Å². The molecule has 3 N–H and O–H groups in total. The van der Waals surface area contributed by atoms with Gasteiger partial charge in [-0.15, -0.1) is 0 Å². The Bertz CT molecular complexity index is 640. The fourth-order valence-electron chi connectivity index (χ4n) is 7.37. The molecule has 0 saturated heterocycles. The maximum Gasteiger partial charge on any atom is 0.161 e. The minimum atomic E-state index is -0.442. The molecule has 0 spiro atoms. The van der Waals surface area contributed by atoms with Crippen molar-refractivity contribution in [1.82, 2.24) is 0 Å². The number of fused-ring (bicyclic) bond motifs is 5. The van der Waals surface area contributed by atoms with Crippen LogP contribution in [-0.4, -0.2) is 46.7 Å². The zero-order chi connectivity index (χ0) is 18.5. The van der Waals surface area contributed by atoms with Crippen LogP contribution in [0.3, 0.4) is 0 Å². The van der Waals surface area contributed by atoms with Gasteiger partial charge in [-0.05, 0) is 68.8 Å². The lowest BCUT2D eigenvalue weighted by Crippen LogP contribution is -2.55. The number of carbonyl (C=O) groups is 2. The van der Waals surface area contributed by atoms with Gasteiger partial charge in [0, 0.05) is 29.8 Å². The molecule has 0 radical (unpaired) electrons. The van der Waals surface area contributed by atoms with Crippen LogP contribution in [0.4, 0.5) is 0 Å². The standard InChI is InChI=1S/C21H30O5/c22-10-19(26)18-4-3-16-15-2-1-13-9-14(25)5-7-20(13,11-23)17(15)6-8-21(16,18)12-24/h9,15-18,22-24H,1-8,10-12H2. The van der Waals surface area contributed by atoms with E-state index in [0.29, 0.717) is 18.3 Å². The van der Waals surface area contributed by atoms with Crippen molar-refractivity contribution in [2.24, 2.45) is 34.5 Å². The second kappa shape index (κ2) is 6.54. The SMILES string of the molecule is O=C1C=C2CCC3C(CCC4(CO)C(C(=O)CO)CCC34)C2(CO)CC1. The Kier molecular flexibility index (Phi) is 4.61. The Morgan fingerprint density at radius 2 is 1.81 bits per heavy atom. The van der Waals surface area contributed by atoms with Crippen molar-refractivity contribution in [3.8, 4) is 0 Å². The third kappa shape index (κ3) is 2.33. The van der Waals surface area contributed by atoms with Gasteiger partial charge in [-0.2, -0.15) is 0 Å². The van der Waals surface area contributed by atoms with E-state index in [1.54, 1.807) is 6.08 Å². The first-order valence-electron chi connectivity index (χ1n) is 10.1. The van der Waals surface area contributed by atoms with Gasteiger partial charge in [0.2, 0.25) is 0 Å². The molecule has 0 amide bonds. The van der Waals surface area contributed by atoms with E-state index in [2.05, 4.69) is 0 Å². The van der Waals surface area contributed by atoms with Gasteiger partial charge in [0.1, 0.15) is 6.61 Å². The van der Waals surface area contributed by atoms with Crippen LogP contribution >= 0.6 is 0 Å². The minimum absolute atomic E-state index is 0.00456. The van der Waals surface area contributed by atoms with E-state index >= 15 is 0 Å². The molecule has 5 nitrogen and oxygen atoms in total. The summed E-state index contributed by atoms with van der Waals surface area (Å²) in [6.45, 7) is -0.349. The van der Waals surface area contributed by atoms with Crippen molar-refractivity contribution in [3.05, 3.63) is 11.6 Å². The molecule has 26 heavy (non-hydrogen) atoms. The summed E-state index contributed by atoms with van der Waals surface area (Å²) in [6, 6.07) is 0. The zero-order valence-corrected chi connectivity index (χ0v) is 15.3. The average molecular weight is 362 g/mol. The summed E-state index contributed by atoms with van der Waals surface area (Å²) in [5.74, 6) is 0.792. The van der Waals surface area contributed by atoms with Crippen LogP contribution in [-0.2, 0) is 9.59 Å². The predicted octanol–water partition coefficient (Wildman–Crippen LogP) is 1.64. The highest BCUT2D eigenvalue weighted by atomic mass is 16.3. The van der Waals surface area contributed by atoms with Gasteiger partial charge in [0.25, 0.3) is 0 Å². The Balaban J connectivity index is 1.69.